The molecule has 1 aliphatic carbocycles. The Kier molecular flexibility index (Phi) is 3.52. The molecule has 0 bridgehead atoms. The number of benzene rings is 2. The Morgan fingerprint density at radius 3 is 2.62 bits per heavy atom. The molecule has 5 N–H and O–H groups in total. The molecule has 0 saturated heterocycles. The van der Waals surface area contributed by atoms with Crippen molar-refractivity contribution in [3.8, 4) is 0 Å². The van der Waals surface area contributed by atoms with Gasteiger partial charge in [-0.25, -0.2) is 0 Å². The Morgan fingerprint density at radius 2 is 1.90 bits per heavy atom. The zero-order valence-corrected chi connectivity index (χ0v) is 11.8. The Bertz CT molecular complexity index is 681. The van der Waals surface area contributed by atoms with Crippen LogP contribution in [0.3, 0.4) is 0 Å². The van der Waals surface area contributed by atoms with Gasteiger partial charge in [0.25, 0.3) is 0 Å². The molecule has 0 radical (unpaired) electrons. The second-order valence-electron chi connectivity index (χ2n) is 5.52. The summed E-state index contributed by atoms with van der Waals surface area (Å²) in [6, 6.07) is 14.1. The molecular weight excluding hydrogens is 262 g/mol. The van der Waals surface area contributed by atoms with Crippen molar-refractivity contribution in [3.05, 3.63) is 59.2 Å². The Labute approximate surface area is 124 Å². The van der Waals surface area contributed by atoms with Crippen molar-refractivity contribution in [2.45, 2.75) is 25.3 Å². The molecule has 1 aliphatic rings. The van der Waals surface area contributed by atoms with Gasteiger partial charge in [-0.15, -0.1) is 0 Å². The summed E-state index contributed by atoms with van der Waals surface area (Å²) in [6.45, 7) is 0. The van der Waals surface area contributed by atoms with Crippen molar-refractivity contribution in [3.63, 3.8) is 0 Å². The number of fused-ring (bicyclic) bond motifs is 1. The molecule has 0 aliphatic heterocycles. The average molecular weight is 281 g/mol. The maximum atomic E-state index is 11.1. The molecule has 1 amide bonds. The van der Waals surface area contributed by atoms with Gasteiger partial charge in [-0.3, -0.25) is 4.79 Å². The number of carbonyl (C=O) groups excluding carboxylic acids is 1. The molecule has 0 heterocycles. The van der Waals surface area contributed by atoms with Gasteiger partial charge in [0, 0.05) is 11.6 Å². The summed E-state index contributed by atoms with van der Waals surface area (Å²) in [5.41, 5.74) is 16.0. The van der Waals surface area contributed by atoms with Crippen molar-refractivity contribution < 1.29 is 4.79 Å². The molecule has 0 spiro atoms. The van der Waals surface area contributed by atoms with Gasteiger partial charge in [0.1, 0.15) is 0 Å². The van der Waals surface area contributed by atoms with Crippen LogP contribution < -0.4 is 16.8 Å². The van der Waals surface area contributed by atoms with Gasteiger partial charge in [-0.2, -0.15) is 0 Å². The monoisotopic (exact) mass is 281 g/mol. The first kappa shape index (κ1) is 13.5. The fourth-order valence-corrected chi connectivity index (χ4v) is 2.89. The first-order valence-corrected chi connectivity index (χ1v) is 7.16. The number of rotatable bonds is 3. The first-order chi connectivity index (χ1) is 10.1. The van der Waals surface area contributed by atoms with Crippen LogP contribution in [0.2, 0.25) is 0 Å². The minimum absolute atomic E-state index is 0.363. The Balaban J connectivity index is 1.75. The number of primary amides is 1. The molecule has 4 heteroatoms. The van der Waals surface area contributed by atoms with Crippen molar-refractivity contribution in [2.24, 2.45) is 5.73 Å². The van der Waals surface area contributed by atoms with E-state index >= 15 is 0 Å². The fraction of sp³-hybridized carbons (Fsp3) is 0.235. The third kappa shape index (κ3) is 2.84. The van der Waals surface area contributed by atoms with Crippen LogP contribution >= 0.6 is 0 Å². The van der Waals surface area contributed by atoms with E-state index in [0.717, 1.165) is 24.9 Å². The predicted octanol–water partition coefficient (Wildman–Crippen LogP) is 2.34. The number of nitrogen functional groups attached to an aromatic ring is 1. The zero-order valence-electron chi connectivity index (χ0n) is 11.8. The minimum atomic E-state index is -0.458. The summed E-state index contributed by atoms with van der Waals surface area (Å²) in [5.74, 6) is -0.458. The lowest BCUT2D eigenvalue weighted by molar-refractivity contribution is 0.100. The van der Waals surface area contributed by atoms with E-state index in [-0.39, 0.29) is 0 Å². The summed E-state index contributed by atoms with van der Waals surface area (Å²) in [6.07, 6.45) is 3.15. The normalized spacial score (nSPS) is 17.0. The minimum Gasteiger partial charge on any atom is -0.397 e. The lowest BCUT2D eigenvalue weighted by Crippen LogP contribution is -2.27. The predicted molar refractivity (Wildman–Crippen MR) is 85.3 cm³/mol. The third-order valence-electron chi connectivity index (χ3n) is 4.04. The Morgan fingerprint density at radius 1 is 1.14 bits per heavy atom. The van der Waals surface area contributed by atoms with Crippen molar-refractivity contribution >= 4 is 17.3 Å². The molecule has 0 saturated carbocycles. The molecule has 2 aromatic rings. The molecule has 0 fully saturated rings. The van der Waals surface area contributed by atoms with Crippen LogP contribution in [-0.4, -0.2) is 11.9 Å². The number of hydrogen-bond acceptors (Lipinski definition) is 3. The quantitative estimate of drug-likeness (QED) is 0.755. The highest BCUT2D eigenvalue weighted by Gasteiger charge is 2.18. The maximum Gasteiger partial charge on any atom is 0.248 e. The number of aryl methyl sites for hydroxylation is 1. The summed E-state index contributed by atoms with van der Waals surface area (Å²) >= 11 is 0. The third-order valence-corrected chi connectivity index (χ3v) is 4.04. The van der Waals surface area contributed by atoms with Gasteiger partial charge in [0.2, 0.25) is 5.91 Å². The molecule has 1 atom stereocenters. The number of amides is 1. The molecule has 3 rings (SSSR count). The van der Waals surface area contributed by atoms with E-state index < -0.39 is 5.91 Å². The lowest BCUT2D eigenvalue weighted by Gasteiger charge is -2.27. The molecule has 0 aromatic heterocycles. The van der Waals surface area contributed by atoms with Crippen LogP contribution in [-0.2, 0) is 12.8 Å². The van der Waals surface area contributed by atoms with E-state index in [0.29, 0.717) is 17.3 Å². The van der Waals surface area contributed by atoms with E-state index in [2.05, 4.69) is 29.6 Å². The summed E-state index contributed by atoms with van der Waals surface area (Å²) in [7, 11) is 0. The number of hydrogen-bond donors (Lipinski definition) is 3. The van der Waals surface area contributed by atoms with Crippen molar-refractivity contribution in [1.29, 1.82) is 0 Å². The van der Waals surface area contributed by atoms with Gasteiger partial charge < -0.3 is 16.8 Å². The van der Waals surface area contributed by atoms with Crippen LogP contribution in [0.1, 0.15) is 27.9 Å². The highest BCUT2D eigenvalue weighted by molar-refractivity contribution is 5.94. The summed E-state index contributed by atoms with van der Waals surface area (Å²) in [5, 5.41) is 3.48. The highest BCUT2D eigenvalue weighted by Crippen LogP contribution is 2.26. The summed E-state index contributed by atoms with van der Waals surface area (Å²) < 4.78 is 0. The van der Waals surface area contributed by atoms with Gasteiger partial charge in [0.15, 0.2) is 0 Å². The highest BCUT2D eigenvalue weighted by atomic mass is 16.1. The molecule has 108 valence electrons. The maximum absolute atomic E-state index is 11.1. The van der Waals surface area contributed by atoms with E-state index in [1.807, 2.05) is 6.07 Å². The number of nitrogens with two attached hydrogens (primary N) is 2. The SMILES string of the molecule is NC(=O)c1ccc(NC2CCc3ccccc3C2)c(N)c1. The van der Waals surface area contributed by atoms with E-state index in [1.165, 1.54) is 11.1 Å². The standard InChI is InChI=1S/C17H19N3O/c18-15-10-13(17(19)21)6-8-16(15)20-14-7-5-11-3-1-2-4-12(11)9-14/h1-4,6,8,10,14,20H,5,7,9,18H2,(H2,19,21). The van der Waals surface area contributed by atoms with E-state index in [9.17, 15) is 4.79 Å². The van der Waals surface area contributed by atoms with Crippen LogP contribution in [0.4, 0.5) is 11.4 Å². The van der Waals surface area contributed by atoms with Crippen LogP contribution in [0, 0.1) is 0 Å². The molecule has 2 aromatic carbocycles. The van der Waals surface area contributed by atoms with Gasteiger partial charge in [0.05, 0.1) is 11.4 Å². The fourth-order valence-electron chi connectivity index (χ4n) is 2.89. The van der Waals surface area contributed by atoms with Gasteiger partial charge >= 0.3 is 0 Å². The van der Waals surface area contributed by atoms with E-state index in [1.54, 1.807) is 12.1 Å². The van der Waals surface area contributed by atoms with Crippen molar-refractivity contribution in [2.75, 3.05) is 11.1 Å². The summed E-state index contributed by atoms with van der Waals surface area (Å²) in [4.78, 5) is 11.1. The zero-order chi connectivity index (χ0) is 14.8. The molecule has 1 unspecified atom stereocenters. The van der Waals surface area contributed by atoms with Crippen LogP contribution in [0.15, 0.2) is 42.5 Å². The first-order valence-electron chi connectivity index (χ1n) is 7.16. The van der Waals surface area contributed by atoms with Gasteiger partial charge in [-0.05, 0) is 48.6 Å². The number of nitrogens with one attached hydrogen (secondary N) is 1. The lowest BCUT2D eigenvalue weighted by atomic mass is 9.88. The molecule has 4 nitrogen and oxygen atoms in total. The molecule has 21 heavy (non-hydrogen) atoms. The van der Waals surface area contributed by atoms with Crippen LogP contribution in [0.25, 0.3) is 0 Å². The largest absolute Gasteiger partial charge is 0.397 e. The Hall–Kier alpha value is -2.49. The second kappa shape index (κ2) is 5.48. The number of anilines is 2. The van der Waals surface area contributed by atoms with Crippen molar-refractivity contribution in [1.82, 2.24) is 0 Å². The number of carbonyl (C=O) groups is 1. The smallest absolute Gasteiger partial charge is 0.248 e. The molecular formula is C17H19N3O. The second-order valence-corrected chi connectivity index (χ2v) is 5.52. The van der Waals surface area contributed by atoms with Gasteiger partial charge in [-0.1, -0.05) is 24.3 Å². The average Bonchev–Trinajstić information content (AvgIpc) is 2.49. The topological polar surface area (TPSA) is 81.1 Å². The van der Waals surface area contributed by atoms with E-state index in [4.69, 9.17) is 11.5 Å². The van der Waals surface area contributed by atoms with Crippen LogP contribution in [0.5, 0.6) is 0 Å².